The van der Waals surface area contributed by atoms with Crippen LogP contribution in [-0.4, -0.2) is 34.9 Å². The molecule has 0 aliphatic rings. The Kier molecular flexibility index (Phi) is 59.2. The zero-order valence-corrected chi connectivity index (χ0v) is 47.0. The van der Waals surface area contributed by atoms with E-state index in [4.69, 9.17) is 0 Å². The molecule has 3 N–H and O–H groups in total. The van der Waals surface area contributed by atoms with Crippen LogP contribution >= 0.6 is 0 Å². The van der Waals surface area contributed by atoms with Crippen molar-refractivity contribution in [3.05, 3.63) is 72.9 Å². The van der Waals surface area contributed by atoms with Gasteiger partial charge in [-0.25, -0.2) is 0 Å². The highest BCUT2D eigenvalue weighted by Crippen LogP contribution is 2.18. The average Bonchev–Trinajstić information content (AvgIpc) is 3.36. The fourth-order valence-electron chi connectivity index (χ4n) is 9.48. The first-order chi connectivity index (χ1) is 34.7. The Morgan fingerprint density at radius 2 is 0.643 bits per heavy atom. The maximum absolute atomic E-state index is 12.5. The highest BCUT2D eigenvalue weighted by Gasteiger charge is 2.18. The first-order valence-electron chi connectivity index (χ1n) is 31.2. The van der Waals surface area contributed by atoms with Crippen LogP contribution in [0, 0.1) is 0 Å². The van der Waals surface area contributed by atoms with Crippen LogP contribution in [0.1, 0.15) is 322 Å². The Labute approximate surface area is 438 Å². The molecule has 4 heteroatoms. The Bertz CT molecular complexity index is 1200. The summed E-state index contributed by atoms with van der Waals surface area (Å²) >= 11 is 0. The fourth-order valence-corrected chi connectivity index (χ4v) is 9.48. The summed E-state index contributed by atoms with van der Waals surface area (Å²) < 4.78 is 0. The number of allylic oxidation sites excluding steroid dienone is 11. The lowest BCUT2D eigenvalue weighted by Gasteiger charge is -2.19. The fraction of sp³-hybridized carbons (Fsp3) is 0.803. The number of unbranched alkanes of at least 4 members (excludes halogenated alkanes) is 40. The molecule has 2 unspecified atom stereocenters. The van der Waals surface area contributed by atoms with Crippen molar-refractivity contribution in [1.82, 2.24) is 5.32 Å². The Morgan fingerprint density at radius 1 is 0.357 bits per heavy atom. The minimum atomic E-state index is -0.863. The van der Waals surface area contributed by atoms with E-state index in [2.05, 4.69) is 79.9 Å². The van der Waals surface area contributed by atoms with Crippen molar-refractivity contribution >= 4 is 5.91 Å². The molecule has 1 amide bonds. The van der Waals surface area contributed by atoms with Gasteiger partial charge in [-0.15, -0.1) is 0 Å². The van der Waals surface area contributed by atoms with Gasteiger partial charge in [-0.2, -0.15) is 0 Å². The predicted molar refractivity (Wildman–Crippen MR) is 313 cm³/mol. The van der Waals surface area contributed by atoms with Gasteiger partial charge in [0.1, 0.15) is 0 Å². The van der Waals surface area contributed by atoms with E-state index in [1.807, 2.05) is 6.08 Å². The van der Waals surface area contributed by atoms with Crippen molar-refractivity contribution in [2.45, 2.75) is 334 Å². The van der Waals surface area contributed by atoms with E-state index in [-0.39, 0.29) is 12.5 Å². The van der Waals surface area contributed by atoms with E-state index in [1.165, 1.54) is 244 Å². The highest BCUT2D eigenvalue weighted by molar-refractivity contribution is 5.76. The second kappa shape index (κ2) is 61.1. The number of aliphatic hydroxyl groups is 2. The molecule has 0 rings (SSSR count). The highest BCUT2D eigenvalue weighted by atomic mass is 16.3. The van der Waals surface area contributed by atoms with E-state index in [0.717, 1.165) is 57.8 Å². The largest absolute Gasteiger partial charge is 0.394 e. The summed E-state index contributed by atoms with van der Waals surface area (Å²) in [7, 11) is 0. The lowest BCUT2D eigenvalue weighted by atomic mass is 10.0. The molecule has 0 saturated carbocycles. The molecule has 0 spiro atoms. The number of hydrogen-bond donors (Lipinski definition) is 3. The number of rotatable bonds is 57. The van der Waals surface area contributed by atoms with Gasteiger partial charge >= 0.3 is 0 Å². The molecule has 408 valence electrons. The molecule has 0 fully saturated rings. The SMILES string of the molecule is CC/C=C\C/C=C\C/C=C\C/C=C\CCCCCCCCCCCCCCCCCCCCCCCCCCCCC(=O)NC(CO)C(O)/C=C/CC/C=C/CCCCCCCCCCCCCCC. The molecule has 0 radical (unpaired) electrons. The summed E-state index contributed by atoms with van der Waals surface area (Å²) in [6.07, 6.45) is 88.2. The summed E-state index contributed by atoms with van der Waals surface area (Å²) in [5.74, 6) is -0.0690. The van der Waals surface area contributed by atoms with Gasteiger partial charge in [0.15, 0.2) is 0 Å². The number of amides is 1. The molecule has 0 saturated heterocycles. The summed E-state index contributed by atoms with van der Waals surface area (Å²) in [5.41, 5.74) is 0. The molecule has 0 bridgehead atoms. The Balaban J connectivity index is 3.43. The summed E-state index contributed by atoms with van der Waals surface area (Å²) in [5, 5.41) is 23.2. The third-order valence-corrected chi connectivity index (χ3v) is 14.2. The minimum absolute atomic E-state index is 0.0690. The first-order valence-corrected chi connectivity index (χ1v) is 31.2. The number of nitrogens with one attached hydrogen (secondary N) is 1. The maximum Gasteiger partial charge on any atom is 0.220 e. The average molecular weight is 977 g/mol. The number of carbonyl (C=O) groups is 1. The molecular formula is C66H121NO3. The third-order valence-electron chi connectivity index (χ3n) is 14.2. The first kappa shape index (κ1) is 67.8. The van der Waals surface area contributed by atoms with Gasteiger partial charge in [-0.3, -0.25) is 4.79 Å². The van der Waals surface area contributed by atoms with Crippen LogP contribution in [0.5, 0.6) is 0 Å². The smallest absolute Gasteiger partial charge is 0.220 e. The van der Waals surface area contributed by atoms with Gasteiger partial charge in [0.25, 0.3) is 0 Å². The third kappa shape index (κ3) is 56.7. The van der Waals surface area contributed by atoms with Crippen LogP contribution in [0.3, 0.4) is 0 Å². The monoisotopic (exact) mass is 976 g/mol. The maximum atomic E-state index is 12.5. The molecular weight excluding hydrogens is 855 g/mol. The van der Waals surface area contributed by atoms with Crippen LogP contribution in [0.4, 0.5) is 0 Å². The zero-order chi connectivity index (χ0) is 50.6. The van der Waals surface area contributed by atoms with E-state index in [1.54, 1.807) is 6.08 Å². The van der Waals surface area contributed by atoms with E-state index < -0.39 is 12.1 Å². The van der Waals surface area contributed by atoms with Crippen LogP contribution in [0.25, 0.3) is 0 Å². The summed E-state index contributed by atoms with van der Waals surface area (Å²) in [6.45, 7) is 4.21. The number of carbonyl (C=O) groups excluding carboxylic acids is 1. The van der Waals surface area contributed by atoms with Crippen LogP contribution in [0.15, 0.2) is 72.9 Å². The van der Waals surface area contributed by atoms with Crippen molar-refractivity contribution < 1.29 is 15.0 Å². The molecule has 0 aromatic rings. The van der Waals surface area contributed by atoms with Crippen molar-refractivity contribution in [3.63, 3.8) is 0 Å². The quantitative estimate of drug-likeness (QED) is 0.0420. The molecule has 0 aromatic heterocycles. The zero-order valence-electron chi connectivity index (χ0n) is 47.0. The van der Waals surface area contributed by atoms with Crippen molar-refractivity contribution in [2.24, 2.45) is 0 Å². The van der Waals surface area contributed by atoms with Crippen LogP contribution < -0.4 is 5.32 Å². The molecule has 4 nitrogen and oxygen atoms in total. The molecule has 0 aromatic carbocycles. The topological polar surface area (TPSA) is 69.6 Å². The van der Waals surface area contributed by atoms with Crippen molar-refractivity contribution in [2.75, 3.05) is 6.61 Å². The van der Waals surface area contributed by atoms with Gasteiger partial charge < -0.3 is 15.5 Å². The van der Waals surface area contributed by atoms with Crippen LogP contribution in [-0.2, 0) is 4.79 Å². The van der Waals surface area contributed by atoms with Gasteiger partial charge in [0.05, 0.1) is 18.8 Å². The van der Waals surface area contributed by atoms with Gasteiger partial charge in [-0.05, 0) is 70.6 Å². The predicted octanol–water partition coefficient (Wildman–Crippen LogP) is 20.9. The van der Waals surface area contributed by atoms with Gasteiger partial charge in [0, 0.05) is 6.42 Å². The standard InChI is InChI=1S/C66H121NO3/c1-3-5-7-9-11-13-15-17-19-21-23-24-25-26-27-28-29-30-31-32-33-34-35-36-37-38-39-40-41-42-44-46-48-50-52-54-56-58-60-62-66(70)67-64(63-68)65(69)61-59-57-55-53-51-49-47-45-43-22-20-18-16-14-12-10-8-6-4-2/h5,7,11,13,17,19,23-24,51,53,59,61,64-65,68-69H,3-4,6,8-10,12,14-16,18,20-22,25-50,52,54-58,60,62-63H2,1-2H3,(H,67,70)/b7-5-,13-11-,19-17-,24-23-,53-51+,61-59+. The Morgan fingerprint density at radius 3 is 1.00 bits per heavy atom. The van der Waals surface area contributed by atoms with Crippen LogP contribution in [0.2, 0.25) is 0 Å². The van der Waals surface area contributed by atoms with Gasteiger partial charge in [-0.1, -0.05) is 318 Å². The minimum Gasteiger partial charge on any atom is -0.394 e. The second-order valence-corrected chi connectivity index (χ2v) is 21.1. The number of hydrogen-bond acceptors (Lipinski definition) is 3. The normalized spacial score (nSPS) is 13.3. The molecule has 0 aliphatic carbocycles. The van der Waals surface area contributed by atoms with Crippen molar-refractivity contribution in [1.29, 1.82) is 0 Å². The molecule has 0 heterocycles. The van der Waals surface area contributed by atoms with Crippen molar-refractivity contribution in [3.8, 4) is 0 Å². The molecule has 2 atom stereocenters. The second-order valence-electron chi connectivity index (χ2n) is 21.1. The lowest BCUT2D eigenvalue weighted by molar-refractivity contribution is -0.123. The van der Waals surface area contributed by atoms with E-state index in [0.29, 0.717) is 6.42 Å². The van der Waals surface area contributed by atoms with E-state index in [9.17, 15) is 15.0 Å². The summed E-state index contributed by atoms with van der Waals surface area (Å²) in [4.78, 5) is 12.5. The summed E-state index contributed by atoms with van der Waals surface area (Å²) in [6, 6.07) is -0.640. The number of aliphatic hydroxyl groups excluding tert-OH is 2. The molecule has 70 heavy (non-hydrogen) atoms. The van der Waals surface area contributed by atoms with Gasteiger partial charge in [0.2, 0.25) is 5.91 Å². The van der Waals surface area contributed by atoms with E-state index >= 15 is 0 Å². The molecule has 0 aliphatic heterocycles. The Hall–Kier alpha value is -2.17. The lowest BCUT2D eigenvalue weighted by Crippen LogP contribution is -2.45.